The Morgan fingerprint density at radius 3 is 2.62 bits per heavy atom. The molecule has 5 nitrogen and oxygen atoms in total. The third-order valence-electron chi connectivity index (χ3n) is 4.16. The molecule has 0 spiro atoms. The minimum Gasteiger partial charge on any atom is -0.494 e. The van der Waals surface area contributed by atoms with Crippen molar-refractivity contribution >= 4 is 33.2 Å². The van der Waals surface area contributed by atoms with E-state index in [2.05, 4.69) is 26.1 Å². The van der Waals surface area contributed by atoms with E-state index in [1.54, 1.807) is 0 Å². The van der Waals surface area contributed by atoms with E-state index in [-0.39, 0.29) is 5.91 Å². The van der Waals surface area contributed by atoms with Crippen molar-refractivity contribution in [3.8, 4) is 5.75 Å². The fourth-order valence-corrected chi connectivity index (χ4v) is 3.09. The second kappa shape index (κ2) is 9.59. The molecule has 2 aromatic carbocycles. The molecule has 0 radical (unpaired) electrons. The Balaban J connectivity index is 1.46. The number of amides is 1. The molecule has 0 unspecified atom stereocenters. The molecule has 2 aromatic rings. The van der Waals surface area contributed by atoms with E-state index < -0.39 is 0 Å². The number of carbonyl (C=O) groups is 1. The maximum absolute atomic E-state index is 12.3. The van der Waals surface area contributed by atoms with Gasteiger partial charge < -0.3 is 19.7 Å². The first kappa shape index (κ1) is 18.7. The van der Waals surface area contributed by atoms with Crippen molar-refractivity contribution in [2.24, 2.45) is 0 Å². The second-order valence-electron chi connectivity index (χ2n) is 6.07. The zero-order valence-electron chi connectivity index (χ0n) is 14.6. The zero-order valence-corrected chi connectivity index (χ0v) is 16.2. The van der Waals surface area contributed by atoms with Crippen molar-refractivity contribution in [1.82, 2.24) is 0 Å². The minimum absolute atomic E-state index is 0.00474. The number of ether oxygens (including phenoxy) is 2. The van der Waals surface area contributed by atoms with Crippen LogP contribution in [0.4, 0.5) is 11.4 Å². The molecule has 6 heteroatoms. The Morgan fingerprint density at radius 1 is 1.12 bits per heavy atom. The van der Waals surface area contributed by atoms with Crippen LogP contribution in [0.2, 0.25) is 0 Å². The number of morpholine rings is 1. The molecular formula is C20H23BrN2O3. The summed E-state index contributed by atoms with van der Waals surface area (Å²) in [6.07, 6.45) is 1.09. The van der Waals surface area contributed by atoms with Gasteiger partial charge in [0.15, 0.2) is 0 Å². The Morgan fingerprint density at radius 2 is 1.85 bits per heavy atom. The van der Waals surface area contributed by atoms with Crippen LogP contribution in [0.25, 0.3) is 0 Å². The Bertz CT molecular complexity index is 715. The summed E-state index contributed by atoms with van der Waals surface area (Å²) >= 11 is 3.39. The number of para-hydroxylation sites is 2. The lowest BCUT2D eigenvalue weighted by Gasteiger charge is -2.30. The van der Waals surface area contributed by atoms with E-state index in [0.29, 0.717) is 19.4 Å². The van der Waals surface area contributed by atoms with Gasteiger partial charge >= 0.3 is 0 Å². The standard InChI is InChI=1S/C20H23BrN2O3/c21-16-7-9-17(10-8-16)26-13-3-6-20(24)22-18-4-1-2-5-19(18)23-11-14-25-15-12-23/h1-2,4-5,7-10H,3,6,11-15H2,(H,22,24). The molecule has 0 aromatic heterocycles. The summed E-state index contributed by atoms with van der Waals surface area (Å²) in [5, 5.41) is 3.03. The molecule has 1 aliphatic rings. The van der Waals surface area contributed by atoms with E-state index in [1.807, 2.05) is 48.5 Å². The van der Waals surface area contributed by atoms with Crippen molar-refractivity contribution in [3.05, 3.63) is 53.0 Å². The first-order valence-corrected chi connectivity index (χ1v) is 9.61. The van der Waals surface area contributed by atoms with Crippen LogP contribution in [0.15, 0.2) is 53.0 Å². The van der Waals surface area contributed by atoms with Crippen LogP contribution in [0.5, 0.6) is 5.75 Å². The topological polar surface area (TPSA) is 50.8 Å². The van der Waals surface area contributed by atoms with Crippen LogP contribution in [0.1, 0.15) is 12.8 Å². The SMILES string of the molecule is O=C(CCCOc1ccc(Br)cc1)Nc1ccccc1N1CCOCC1. The Labute approximate surface area is 162 Å². The van der Waals surface area contributed by atoms with Gasteiger partial charge in [-0.2, -0.15) is 0 Å². The molecule has 1 N–H and O–H groups in total. The third-order valence-corrected chi connectivity index (χ3v) is 4.69. The average molecular weight is 419 g/mol. The predicted molar refractivity (Wildman–Crippen MR) is 107 cm³/mol. The van der Waals surface area contributed by atoms with Crippen LogP contribution in [-0.4, -0.2) is 38.8 Å². The van der Waals surface area contributed by atoms with Gasteiger partial charge in [-0.1, -0.05) is 28.1 Å². The molecule has 1 aliphatic heterocycles. The van der Waals surface area contributed by atoms with Gasteiger partial charge in [0.05, 0.1) is 31.2 Å². The summed E-state index contributed by atoms with van der Waals surface area (Å²) in [5.74, 6) is 0.816. The van der Waals surface area contributed by atoms with E-state index in [9.17, 15) is 4.79 Å². The molecule has 1 fully saturated rings. The van der Waals surface area contributed by atoms with Crippen LogP contribution in [-0.2, 0) is 9.53 Å². The van der Waals surface area contributed by atoms with Gasteiger partial charge in [0.1, 0.15) is 5.75 Å². The molecule has 3 rings (SSSR count). The highest BCUT2D eigenvalue weighted by atomic mass is 79.9. The van der Waals surface area contributed by atoms with Gasteiger partial charge in [-0.25, -0.2) is 0 Å². The van der Waals surface area contributed by atoms with Gasteiger partial charge in [0, 0.05) is 24.0 Å². The highest BCUT2D eigenvalue weighted by Crippen LogP contribution is 2.26. The second-order valence-corrected chi connectivity index (χ2v) is 6.99. The number of anilines is 2. The van der Waals surface area contributed by atoms with Crippen molar-refractivity contribution in [2.75, 3.05) is 43.1 Å². The summed E-state index contributed by atoms with van der Waals surface area (Å²) < 4.78 is 12.1. The van der Waals surface area contributed by atoms with E-state index in [0.717, 1.165) is 47.9 Å². The average Bonchev–Trinajstić information content (AvgIpc) is 2.68. The minimum atomic E-state index is 0.00474. The van der Waals surface area contributed by atoms with Crippen LogP contribution >= 0.6 is 15.9 Å². The molecule has 1 saturated heterocycles. The predicted octanol–water partition coefficient (Wildman–Crippen LogP) is 4.08. The summed E-state index contributed by atoms with van der Waals surface area (Å²) in [4.78, 5) is 14.5. The molecule has 0 atom stereocenters. The molecule has 0 saturated carbocycles. The van der Waals surface area contributed by atoms with E-state index in [4.69, 9.17) is 9.47 Å². The molecule has 0 aliphatic carbocycles. The monoisotopic (exact) mass is 418 g/mol. The number of nitrogens with one attached hydrogen (secondary N) is 1. The van der Waals surface area contributed by atoms with Crippen molar-refractivity contribution in [2.45, 2.75) is 12.8 Å². The maximum atomic E-state index is 12.3. The molecule has 138 valence electrons. The normalized spacial score (nSPS) is 14.1. The Kier molecular flexibility index (Phi) is 6.91. The third kappa shape index (κ3) is 5.47. The van der Waals surface area contributed by atoms with Crippen LogP contribution in [0, 0.1) is 0 Å². The fourth-order valence-electron chi connectivity index (χ4n) is 2.83. The summed E-state index contributed by atoms with van der Waals surface area (Å²) in [6, 6.07) is 15.6. The van der Waals surface area contributed by atoms with Crippen LogP contribution < -0.4 is 15.0 Å². The van der Waals surface area contributed by atoms with Gasteiger partial charge in [-0.3, -0.25) is 4.79 Å². The van der Waals surface area contributed by atoms with Gasteiger partial charge in [-0.15, -0.1) is 0 Å². The Hall–Kier alpha value is -2.05. The lowest BCUT2D eigenvalue weighted by Crippen LogP contribution is -2.36. The van der Waals surface area contributed by atoms with Gasteiger partial charge in [0.2, 0.25) is 5.91 Å². The first-order valence-electron chi connectivity index (χ1n) is 8.82. The number of carbonyl (C=O) groups excluding carboxylic acids is 1. The number of rotatable bonds is 7. The number of halogens is 1. The van der Waals surface area contributed by atoms with Gasteiger partial charge in [0.25, 0.3) is 0 Å². The molecular weight excluding hydrogens is 396 g/mol. The smallest absolute Gasteiger partial charge is 0.224 e. The number of nitrogens with zero attached hydrogens (tertiary/aromatic N) is 1. The lowest BCUT2D eigenvalue weighted by atomic mass is 10.2. The molecule has 26 heavy (non-hydrogen) atoms. The zero-order chi connectivity index (χ0) is 18.2. The first-order chi connectivity index (χ1) is 12.7. The summed E-state index contributed by atoms with van der Waals surface area (Å²) in [7, 11) is 0. The van der Waals surface area contributed by atoms with Crippen molar-refractivity contribution in [1.29, 1.82) is 0 Å². The highest BCUT2D eigenvalue weighted by Gasteiger charge is 2.15. The largest absolute Gasteiger partial charge is 0.494 e. The molecule has 1 amide bonds. The van der Waals surface area contributed by atoms with Crippen molar-refractivity contribution < 1.29 is 14.3 Å². The van der Waals surface area contributed by atoms with Gasteiger partial charge in [-0.05, 0) is 42.8 Å². The van der Waals surface area contributed by atoms with Crippen LogP contribution in [0.3, 0.4) is 0 Å². The highest BCUT2D eigenvalue weighted by molar-refractivity contribution is 9.10. The summed E-state index contributed by atoms with van der Waals surface area (Å²) in [6.45, 7) is 3.63. The molecule has 0 bridgehead atoms. The number of hydrogen-bond donors (Lipinski definition) is 1. The van der Waals surface area contributed by atoms with Crippen molar-refractivity contribution in [3.63, 3.8) is 0 Å². The fraction of sp³-hybridized carbons (Fsp3) is 0.350. The molecule has 1 heterocycles. The number of hydrogen-bond acceptors (Lipinski definition) is 4. The number of benzene rings is 2. The van der Waals surface area contributed by atoms with E-state index >= 15 is 0 Å². The maximum Gasteiger partial charge on any atom is 0.224 e. The summed E-state index contributed by atoms with van der Waals surface area (Å²) in [5.41, 5.74) is 1.91. The van der Waals surface area contributed by atoms with E-state index in [1.165, 1.54) is 0 Å². The quantitative estimate of drug-likeness (QED) is 0.688. The lowest BCUT2D eigenvalue weighted by molar-refractivity contribution is -0.116.